The number of hydrogen-bond acceptors (Lipinski definition) is 1. The Hall–Kier alpha value is -0.810. The Morgan fingerprint density at radius 1 is 1.64 bits per heavy atom. The Balaban J connectivity index is 2.87. The first-order valence-electron chi connectivity index (χ1n) is 3.30. The third kappa shape index (κ3) is 2.73. The number of rotatable bonds is 0. The second-order valence-corrected chi connectivity index (χ2v) is 2.71. The molecule has 1 rings (SSSR count). The van der Waals surface area contributed by atoms with Gasteiger partial charge in [0.2, 0.25) is 0 Å². The summed E-state index contributed by atoms with van der Waals surface area (Å²) in [6.07, 6.45) is 1.77. The summed E-state index contributed by atoms with van der Waals surface area (Å²) < 4.78 is 0. The summed E-state index contributed by atoms with van der Waals surface area (Å²) in [7, 11) is 0. The molecule has 2 heteroatoms. The molecule has 1 nitrogen and oxygen atoms in total. The van der Waals surface area contributed by atoms with Gasteiger partial charge in [-0.1, -0.05) is 21.9 Å². The topological polar surface area (TPSA) is 12.9 Å². The van der Waals surface area contributed by atoms with Crippen molar-refractivity contribution in [3.8, 4) is 11.8 Å². The van der Waals surface area contributed by atoms with E-state index in [0.717, 1.165) is 5.69 Å². The largest absolute Gasteiger partial charge is 0.248 e. The average molecular weight is 210 g/mol. The van der Waals surface area contributed by atoms with Crippen molar-refractivity contribution in [3.63, 3.8) is 0 Å². The van der Waals surface area contributed by atoms with Gasteiger partial charge in [0.05, 0.1) is 5.33 Å². The quantitative estimate of drug-likeness (QED) is 0.472. The van der Waals surface area contributed by atoms with E-state index in [-0.39, 0.29) is 0 Å². The smallest absolute Gasteiger partial charge is 0.113 e. The van der Waals surface area contributed by atoms with Crippen molar-refractivity contribution in [3.05, 3.63) is 29.6 Å². The molecule has 0 aliphatic heterocycles. The van der Waals surface area contributed by atoms with Crippen molar-refractivity contribution in [2.24, 2.45) is 0 Å². The van der Waals surface area contributed by atoms with Crippen LogP contribution in [0, 0.1) is 18.8 Å². The van der Waals surface area contributed by atoms with Gasteiger partial charge in [-0.2, -0.15) is 0 Å². The van der Waals surface area contributed by atoms with Crippen LogP contribution in [0.25, 0.3) is 0 Å². The second-order valence-electron chi connectivity index (χ2n) is 2.15. The zero-order valence-corrected chi connectivity index (χ0v) is 7.85. The van der Waals surface area contributed by atoms with Crippen LogP contribution in [0.2, 0.25) is 0 Å². The molecule has 0 unspecified atom stereocenters. The van der Waals surface area contributed by atoms with Crippen LogP contribution in [0.15, 0.2) is 18.3 Å². The van der Waals surface area contributed by atoms with Crippen LogP contribution >= 0.6 is 15.9 Å². The van der Waals surface area contributed by atoms with Crippen LogP contribution in [0.4, 0.5) is 0 Å². The normalized spacial score (nSPS) is 8.55. The minimum absolute atomic E-state index is 0.697. The third-order valence-electron chi connectivity index (χ3n) is 1.20. The fraction of sp³-hybridized carbons (Fsp3) is 0.222. The molecule has 0 saturated carbocycles. The average Bonchev–Trinajstić information content (AvgIpc) is 2.01. The highest BCUT2D eigenvalue weighted by molar-refractivity contribution is 9.09. The molecular weight excluding hydrogens is 202 g/mol. The molecule has 0 bridgehead atoms. The summed E-state index contributed by atoms with van der Waals surface area (Å²) in [6, 6.07) is 3.93. The van der Waals surface area contributed by atoms with Gasteiger partial charge in [0.25, 0.3) is 0 Å². The van der Waals surface area contributed by atoms with Crippen LogP contribution in [-0.4, -0.2) is 10.3 Å². The molecule has 0 saturated heterocycles. The van der Waals surface area contributed by atoms with Gasteiger partial charge in [0.15, 0.2) is 0 Å². The molecule has 0 fully saturated rings. The number of aromatic nitrogens is 1. The predicted molar refractivity (Wildman–Crippen MR) is 49.6 cm³/mol. The summed E-state index contributed by atoms with van der Waals surface area (Å²) in [5.41, 5.74) is 2.03. The standard InChI is InChI=1S/C9H8BrN/c1-8-4-6-11-9(7-8)3-2-5-10/h4,6-7H,5H2,1H3. The van der Waals surface area contributed by atoms with E-state index in [0.29, 0.717) is 5.33 Å². The monoisotopic (exact) mass is 209 g/mol. The van der Waals surface area contributed by atoms with E-state index in [1.807, 2.05) is 19.1 Å². The van der Waals surface area contributed by atoms with Crippen molar-refractivity contribution in [2.45, 2.75) is 6.92 Å². The van der Waals surface area contributed by atoms with E-state index in [2.05, 4.69) is 32.8 Å². The lowest BCUT2D eigenvalue weighted by molar-refractivity contribution is 1.25. The van der Waals surface area contributed by atoms with E-state index in [4.69, 9.17) is 0 Å². The lowest BCUT2D eigenvalue weighted by atomic mass is 10.2. The first kappa shape index (κ1) is 8.29. The maximum absolute atomic E-state index is 4.08. The maximum Gasteiger partial charge on any atom is 0.113 e. The number of halogens is 1. The summed E-state index contributed by atoms with van der Waals surface area (Å²) in [6.45, 7) is 2.03. The molecule has 1 heterocycles. The molecule has 1 aromatic heterocycles. The van der Waals surface area contributed by atoms with Gasteiger partial charge >= 0.3 is 0 Å². The zero-order valence-electron chi connectivity index (χ0n) is 6.26. The molecule has 0 N–H and O–H groups in total. The van der Waals surface area contributed by atoms with Gasteiger partial charge in [0, 0.05) is 6.20 Å². The number of aryl methyl sites for hydroxylation is 1. The van der Waals surface area contributed by atoms with Crippen molar-refractivity contribution in [1.82, 2.24) is 4.98 Å². The number of pyridine rings is 1. The van der Waals surface area contributed by atoms with Gasteiger partial charge in [0.1, 0.15) is 5.69 Å². The van der Waals surface area contributed by atoms with Crippen LogP contribution in [0.5, 0.6) is 0 Å². The summed E-state index contributed by atoms with van der Waals surface area (Å²) in [5.74, 6) is 5.82. The van der Waals surface area contributed by atoms with Gasteiger partial charge in [-0.05, 0) is 30.5 Å². The van der Waals surface area contributed by atoms with Crippen LogP contribution in [0.1, 0.15) is 11.3 Å². The molecule has 56 valence electrons. The molecule has 11 heavy (non-hydrogen) atoms. The first-order valence-corrected chi connectivity index (χ1v) is 4.42. The zero-order chi connectivity index (χ0) is 8.10. The molecule has 1 aromatic rings. The highest BCUT2D eigenvalue weighted by Gasteiger charge is 1.86. The lowest BCUT2D eigenvalue weighted by Crippen LogP contribution is -1.82. The Bertz CT molecular complexity index is 296. The number of hydrogen-bond donors (Lipinski definition) is 0. The van der Waals surface area contributed by atoms with Crippen molar-refractivity contribution in [2.75, 3.05) is 5.33 Å². The lowest BCUT2D eigenvalue weighted by Gasteiger charge is -1.90. The van der Waals surface area contributed by atoms with E-state index in [1.165, 1.54) is 5.56 Å². The maximum atomic E-state index is 4.08. The fourth-order valence-electron chi connectivity index (χ4n) is 0.728. The molecule has 0 radical (unpaired) electrons. The Kier molecular flexibility index (Phi) is 3.13. The fourth-order valence-corrected chi connectivity index (χ4v) is 0.869. The van der Waals surface area contributed by atoms with E-state index < -0.39 is 0 Å². The predicted octanol–water partition coefficient (Wildman–Crippen LogP) is 2.14. The molecule has 0 aliphatic carbocycles. The van der Waals surface area contributed by atoms with Crippen molar-refractivity contribution < 1.29 is 0 Å². The first-order chi connectivity index (χ1) is 5.33. The highest BCUT2D eigenvalue weighted by atomic mass is 79.9. The highest BCUT2D eigenvalue weighted by Crippen LogP contribution is 1.97. The van der Waals surface area contributed by atoms with Gasteiger partial charge in [-0.15, -0.1) is 0 Å². The van der Waals surface area contributed by atoms with Gasteiger partial charge in [-0.3, -0.25) is 0 Å². The molecule has 0 aliphatic rings. The van der Waals surface area contributed by atoms with Crippen molar-refractivity contribution >= 4 is 15.9 Å². The molecule has 0 aromatic carbocycles. The van der Waals surface area contributed by atoms with Crippen LogP contribution in [-0.2, 0) is 0 Å². The van der Waals surface area contributed by atoms with Gasteiger partial charge < -0.3 is 0 Å². The molecule has 0 spiro atoms. The summed E-state index contributed by atoms with van der Waals surface area (Å²) >= 11 is 3.22. The Morgan fingerprint density at radius 3 is 3.09 bits per heavy atom. The molecule has 0 atom stereocenters. The minimum Gasteiger partial charge on any atom is -0.248 e. The third-order valence-corrected chi connectivity index (χ3v) is 1.48. The number of nitrogens with zero attached hydrogens (tertiary/aromatic N) is 1. The van der Waals surface area contributed by atoms with Crippen molar-refractivity contribution in [1.29, 1.82) is 0 Å². The van der Waals surface area contributed by atoms with E-state index in [9.17, 15) is 0 Å². The summed E-state index contributed by atoms with van der Waals surface area (Å²) in [4.78, 5) is 4.08. The summed E-state index contributed by atoms with van der Waals surface area (Å²) in [5, 5.41) is 0.697. The molecule has 0 amide bonds. The van der Waals surface area contributed by atoms with E-state index in [1.54, 1.807) is 6.20 Å². The second kappa shape index (κ2) is 4.15. The van der Waals surface area contributed by atoms with Crippen LogP contribution < -0.4 is 0 Å². The minimum atomic E-state index is 0.697. The van der Waals surface area contributed by atoms with E-state index >= 15 is 0 Å². The van der Waals surface area contributed by atoms with Gasteiger partial charge in [-0.25, -0.2) is 4.98 Å². The Labute approximate surface area is 75.0 Å². The SMILES string of the molecule is Cc1ccnc(C#CCBr)c1. The Morgan fingerprint density at radius 2 is 2.45 bits per heavy atom. The van der Waals surface area contributed by atoms with Crippen LogP contribution in [0.3, 0.4) is 0 Å². The molecular formula is C9H8BrN. The number of alkyl halides is 1.